The first kappa shape index (κ1) is 16.5. The van der Waals surface area contributed by atoms with Gasteiger partial charge >= 0.3 is 5.97 Å². The Balaban J connectivity index is 1.96. The van der Waals surface area contributed by atoms with E-state index < -0.39 is 5.60 Å². The highest BCUT2D eigenvalue weighted by atomic mass is 16.6. The van der Waals surface area contributed by atoms with Crippen molar-refractivity contribution in [3.63, 3.8) is 0 Å². The fourth-order valence-electron chi connectivity index (χ4n) is 2.65. The molecule has 1 aliphatic rings. The zero-order valence-corrected chi connectivity index (χ0v) is 13.8. The zero-order chi connectivity index (χ0) is 16.3. The molecule has 5 nitrogen and oxygen atoms in total. The maximum atomic E-state index is 12.4. The molecule has 1 amide bonds. The maximum absolute atomic E-state index is 12.4. The lowest BCUT2D eigenvalue weighted by molar-refractivity contribution is -0.165. The van der Waals surface area contributed by atoms with Crippen molar-refractivity contribution in [2.45, 2.75) is 46.1 Å². The van der Waals surface area contributed by atoms with Crippen LogP contribution in [0.1, 0.15) is 44.9 Å². The van der Waals surface area contributed by atoms with Crippen molar-refractivity contribution in [1.82, 2.24) is 9.88 Å². The minimum absolute atomic E-state index is 0.0675. The Labute approximate surface area is 131 Å². The Bertz CT molecular complexity index is 544. The third-order valence-corrected chi connectivity index (χ3v) is 4.24. The molecule has 1 aliphatic heterocycles. The number of aromatic nitrogens is 1. The summed E-state index contributed by atoms with van der Waals surface area (Å²) in [6.45, 7) is 8.49. The Morgan fingerprint density at radius 2 is 1.91 bits per heavy atom. The average Bonchev–Trinajstić information content (AvgIpc) is 2.47. The lowest BCUT2D eigenvalue weighted by Crippen LogP contribution is -2.40. The van der Waals surface area contributed by atoms with Gasteiger partial charge in [0.1, 0.15) is 5.60 Å². The van der Waals surface area contributed by atoms with Crippen LogP contribution in [0.25, 0.3) is 0 Å². The monoisotopic (exact) mass is 304 g/mol. The van der Waals surface area contributed by atoms with Crippen LogP contribution in [0.3, 0.4) is 0 Å². The summed E-state index contributed by atoms with van der Waals surface area (Å²) < 4.78 is 5.72. The van der Waals surface area contributed by atoms with Crippen molar-refractivity contribution in [2.24, 2.45) is 5.92 Å². The predicted molar refractivity (Wildman–Crippen MR) is 83.1 cm³/mol. The van der Waals surface area contributed by atoms with Gasteiger partial charge in [0, 0.05) is 37.5 Å². The maximum Gasteiger partial charge on any atom is 0.309 e. The second-order valence-electron chi connectivity index (χ2n) is 6.40. The zero-order valence-electron chi connectivity index (χ0n) is 13.8. The standard InChI is InChI=1S/C17H24N2O3/c1-12-5-6-15(11-18-12)17(3,4)22-16(21)14-7-9-19(10-8-14)13(2)20/h5-6,11,14H,7-10H2,1-4H3. The minimum Gasteiger partial charge on any atom is -0.454 e. The second-order valence-corrected chi connectivity index (χ2v) is 6.40. The molecule has 5 heteroatoms. The van der Waals surface area contributed by atoms with Gasteiger partial charge < -0.3 is 9.64 Å². The normalized spacial score (nSPS) is 16.5. The van der Waals surface area contributed by atoms with Gasteiger partial charge in [-0.05, 0) is 39.7 Å². The molecule has 0 aliphatic carbocycles. The summed E-state index contributed by atoms with van der Waals surface area (Å²) >= 11 is 0. The fraction of sp³-hybridized carbons (Fsp3) is 0.588. The number of likely N-dealkylation sites (tertiary alicyclic amines) is 1. The van der Waals surface area contributed by atoms with Crippen LogP contribution >= 0.6 is 0 Å². The number of hydrogen-bond donors (Lipinski definition) is 0. The number of esters is 1. The van der Waals surface area contributed by atoms with E-state index in [4.69, 9.17) is 4.74 Å². The second kappa shape index (κ2) is 6.46. The number of carbonyl (C=O) groups excluding carboxylic acids is 2. The van der Waals surface area contributed by atoms with E-state index in [1.165, 1.54) is 0 Å². The van der Waals surface area contributed by atoms with Crippen molar-refractivity contribution >= 4 is 11.9 Å². The van der Waals surface area contributed by atoms with Gasteiger partial charge in [-0.25, -0.2) is 0 Å². The molecule has 0 atom stereocenters. The SMILES string of the molecule is CC(=O)N1CCC(C(=O)OC(C)(C)c2ccc(C)nc2)CC1. The number of rotatable bonds is 3. The van der Waals surface area contributed by atoms with E-state index in [1.807, 2.05) is 32.9 Å². The van der Waals surface area contributed by atoms with Gasteiger partial charge in [0.25, 0.3) is 0 Å². The smallest absolute Gasteiger partial charge is 0.309 e. The number of carbonyl (C=O) groups is 2. The third kappa shape index (κ3) is 3.84. The van der Waals surface area contributed by atoms with Gasteiger partial charge in [0.15, 0.2) is 0 Å². The summed E-state index contributed by atoms with van der Waals surface area (Å²) in [6.07, 6.45) is 3.09. The quantitative estimate of drug-likeness (QED) is 0.805. The number of aryl methyl sites for hydroxylation is 1. The van der Waals surface area contributed by atoms with Crippen LogP contribution in [0, 0.1) is 12.8 Å². The molecule has 1 aromatic rings. The van der Waals surface area contributed by atoms with E-state index in [-0.39, 0.29) is 17.8 Å². The van der Waals surface area contributed by atoms with E-state index in [2.05, 4.69) is 4.98 Å². The van der Waals surface area contributed by atoms with E-state index in [1.54, 1.807) is 18.0 Å². The molecular formula is C17H24N2O3. The average molecular weight is 304 g/mol. The van der Waals surface area contributed by atoms with Crippen LogP contribution in [0.15, 0.2) is 18.3 Å². The number of hydrogen-bond acceptors (Lipinski definition) is 4. The molecule has 2 heterocycles. The minimum atomic E-state index is -0.699. The van der Waals surface area contributed by atoms with Crippen molar-refractivity contribution in [3.8, 4) is 0 Å². The van der Waals surface area contributed by atoms with Gasteiger partial charge in [0.05, 0.1) is 5.92 Å². The molecule has 1 fully saturated rings. The summed E-state index contributed by atoms with van der Waals surface area (Å²) in [5.74, 6) is -0.250. The first-order valence-electron chi connectivity index (χ1n) is 7.71. The molecule has 0 saturated carbocycles. The lowest BCUT2D eigenvalue weighted by atomic mass is 9.95. The highest BCUT2D eigenvalue weighted by molar-refractivity contribution is 5.75. The van der Waals surface area contributed by atoms with Crippen LogP contribution in [0.5, 0.6) is 0 Å². The molecular weight excluding hydrogens is 280 g/mol. The van der Waals surface area contributed by atoms with Crippen molar-refractivity contribution < 1.29 is 14.3 Å². The first-order chi connectivity index (χ1) is 10.3. The van der Waals surface area contributed by atoms with Gasteiger partial charge in [-0.15, -0.1) is 0 Å². The van der Waals surface area contributed by atoms with Gasteiger partial charge in [-0.1, -0.05) is 6.07 Å². The summed E-state index contributed by atoms with van der Waals surface area (Å²) in [7, 11) is 0. The van der Waals surface area contributed by atoms with Gasteiger partial charge in [-0.2, -0.15) is 0 Å². The van der Waals surface area contributed by atoms with E-state index in [0.29, 0.717) is 25.9 Å². The lowest BCUT2D eigenvalue weighted by Gasteiger charge is -2.33. The molecule has 0 N–H and O–H groups in total. The molecule has 0 bridgehead atoms. The van der Waals surface area contributed by atoms with Crippen molar-refractivity contribution in [1.29, 1.82) is 0 Å². The summed E-state index contributed by atoms with van der Waals surface area (Å²) in [4.78, 5) is 29.7. The van der Waals surface area contributed by atoms with Crippen LogP contribution in [0.2, 0.25) is 0 Å². The Morgan fingerprint density at radius 1 is 1.27 bits per heavy atom. The molecule has 1 saturated heterocycles. The first-order valence-corrected chi connectivity index (χ1v) is 7.71. The fourth-order valence-corrected chi connectivity index (χ4v) is 2.65. The molecule has 0 aromatic carbocycles. The Kier molecular flexibility index (Phi) is 4.84. The van der Waals surface area contributed by atoms with Crippen molar-refractivity contribution in [3.05, 3.63) is 29.6 Å². The van der Waals surface area contributed by atoms with E-state index >= 15 is 0 Å². The predicted octanol–water partition coefficient (Wildman–Crippen LogP) is 2.43. The number of pyridine rings is 1. The number of nitrogens with zero attached hydrogens (tertiary/aromatic N) is 2. The van der Waals surface area contributed by atoms with E-state index in [0.717, 1.165) is 11.3 Å². The highest BCUT2D eigenvalue weighted by Gasteiger charge is 2.32. The number of amides is 1. The summed E-state index contributed by atoms with van der Waals surface area (Å²) in [6, 6.07) is 3.85. The highest BCUT2D eigenvalue weighted by Crippen LogP contribution is 2.28. The van der Waals surface area contributed by atoms with Crippen LogP contribution in [-0.2, 0) is 19.9 Å². The van der Waals surface area contributed by atoms with Crippen LogP contribution in [0.4, 0.5) is 0 Å². The number of piperidine rings is 1. The molecule has 2 rings (SSSR count). The topological polar surface area (TPSA) is 59.5 Å². The Morgan fingerprint density at radius 3 is 2.41 bits per heavy atom. The van der Waals surface area contributed by atoms with Crippen LogP contribution < -0.4 is 0 Å². The Hall–Kier alpha value is -1.91. The summed E-state index contributed by atoms with van der Waals surface area (Å²) in [5.41, 5.74) is 1.12. The van der Waals surface area contributed by atoms with Gasteiger partial charge in [-0.3, -0.25) is 14.6 Å². The molecule has 1 aromatic heterocycles. The molecule has 0 spiro atoms. The molecule has 120 valence electrons. The molecule has 0 radical (unpaired) electrons. The van der Waals surface area contributed by atoms with E-state index in [9.17, 15) is 9.59 Å². The molecule has 22 heavy (non-hydrogen) atoms. The summed E-state index contributed by atoms with van der Waals surface area (Å²) in [5, 5.41) is 0. The van der Waals surface area contributed by atoms with Crippen molar-refractivity contribution in [2.75, 3.05) is 13.1 Å². The molecule has 0 unspecified atom stereocenters. The van der Waals surface area contributed by atoms with Crippen LogP contribution in [-0.4, -0.2) is 34.8 Å². The largest absolute Gasteiger partial charge is 0.454 e. The number of ether oxygens (including phenoxy) is 1. The van der Waals surface area contributed by atoms with Gasteiger partial charge in [0.2, 0.25) is 5.91 Å². The third-order valence-electron chi connectivity index (χ3n) is 4.24.